The first-order chi connectivity index (χ1) is 14.7. The summed E-state index contributed by atoms with van der Waals surface area (Å²) >= 11 is 0. The average molecular weight is 423 g/mol. The summed E-state index contributed by atoms with van der Waals surface area (Å²) in [5.41, 5.74) is 2.47. The van der Waals surface area contributed by atoms with Crippen molar-refractivity contribution in [1.29, 1.82) is 0 Å². The zero-order valence-corrected chi connectivity index (χ0v) is 18.6. The molecule has 0 bridgehead atoms. The molecule has 6 heteroatoms. The van der Waals surface area contributed by atoms with Crippen LogP contribution in [0.3, 0.4) is 0 Å². The molecule has 0 spiro atoms. The summed E-state index contributed by atoms with van der Waals surface area (Å²) in [5, 5.41) is 0. The third-order valence-electron chi connectivity index (χ3n) is 7.17. The fourth-order valence-corrected chi connectivity index (χ4v) is 5.67. The molecule has 31 heavy (non-hydrogen) atoms. The summed E-state index contributed by atoms with van der Waals surface area (Å²) in [6.45, 7) is 8.67. The molecule has 0 aromatic heterocycles. The first-order valence-electron chi connectivity index (χ1n) is 11.3. The number of imide groups is 1. The Hall–Kier alpha value is -2.47. The van der Waals surface area contributed by atoms with E-state index in [1.807, 2.05) is 52.0 Å². The summed E-state index contributed by atoms with van der Waals surface area (Å²) in [4.78, 5) is 44.2. The molecule has 4 aliphatic heterocycles. The molecule has 4 heterocycles. The second-order valence-electron chi connectivity index (χ2n) is 10.4. The van der Waals surface area contributed by atoms with Crippen LogP contribution in [0.1, 0.15) is 44.7 Å². The van der Waals surface area contributed by atoms with Crippen LogP contribution < -0.4 is 4.90 Å². The van der Waals surface area contributed by atoms with Crippen LogP contribution in [0.25, 0.3) is 6.08 Å². The molecule has 0 radical (unpaired) electrons. The van der Waals surface area contributed by atoms with Crippen molar-refractivity contribution in [3.8, 4) is 0 Å². The van der Waals surface area contributed by atoms with Crippen LogP contribution in [0.2, 0.25) is 0 Å². The monoisotopic (exact) mass is 422 g/mol. The molecule has 3 fully saturated rings. The van der Waals surface area contributed by atoms with Crippen molar-refractivity contribution < 1.29 is 19.1 Å². The average Bonchev–Trinajstić information content (AvgIpc) is 3.40. The molecule has 1 aromatic rings. The lowest BCUT2D eigenvalue weighted by Crippen LogP contribution is -2.52. The van der Waals surface area contributed by atoms with Crippen molar-refractivity contribution in [2.75, 3.05) is 18.1 Å². The highest BCUT2D eigenvalue weighted by Crippen LogP contribution is 2.50. The van der Waals surface area contributed by atoms with Gasteiger partial charge in [0, 0.05) is 17.7 Å². The highest BCUT2D eigenvalue weighted by atomic mass is 16.5. The van der Waals surface area contributed by atoms with Crippen LogP contribution in [-0.4, -0.2) is 53.8 Å². The normalized spacial score (nSPS) is 31.8. The molecule has 0 aliphatic carbocycles. The van der Waals surface area contributed by atoms with Gasteiger partial charge < -0.3 is 9.64 Å². The number of carbonyl (C=O) groups excluding carboxylic acids is 3. The number of carbonyl (C=O) groups is 3. The van der Waals surface area contributed by atoms with Crippen molar-refractivity contribution in [1.82, 2.24) is 4.90 Å². The largest absolute Gasteiger partial charge is 0.376 e. The molecule has 0 N–H and O–H groups in total. The zero-order valence-electron chi connectivity index (χ0n) is 18.6. The third-order valence-corrected chi connectivity index (χ3v) is 7.17. The van der Waals surface area contributed by atoms with Gasteiger partial charge in [0.05, 0.1) is 30.5 Å². The van der Waals surface area contributed by atoms with Gasteiger partial charge in [0.25, 0.3) is 0 Å². The number of ether oxygens (including phenoxy) is 1. The van der Waals surface area contributed by atoms with Gasteiger partial charge in [-0.1, -0.05) is 44.6 Å². The van der Waals surface area contributed by atoms with E-state index in [1.165, 1.54) is 4.90 Å². The van der Waals surface area contributed by atoms with E-state index in [1.54, 1.807) is 0 Å². The van der Waals surface area contributed by atoms with Crippen molar-refractivity contribution in [3.05, 3.63) is 35.4 Å². The Morgan fingerprint density at radius 3 is 2.58 bits per heavy atom. The molecule has 164 valence electrons. The number of nitrogens with zero attached hydrogens (tertiary/aromatic N) is 2. The number of hydrogen-bond acceptors (Lipinski definition) is 5. The molecular formula is C25H30N2O4. The lowest BCUT2D eigenvalue weighted by Gasteiger charge is -2.38. The third kappa shape index (κ3) is 3.06. The van der Waals surface area contributed by atoms with Gasteiger partial charge in [-0.25, -0.2) is 0 Å². The topological polar surface area (TPSA) is 66.9 Å². The predicted molar refractivity (Wildman–Crippen MR) is 117 cm³/mol. The smallest absolute Gasteiger partial charge is 0.235 e. The molecule has 4 aliphatic rings. The maximum absolute atomic E-state index is 13.7. The lowest BCUT2D eigenvalue weighted by atomic mass is 9.79. The summed E-state index contributed by atoms with van der Waals surface area (Å²) in [6.07, 6.45) is 5.76. The van der Waals surface area contributed by atoms with Crippen LogP contribution >= 0.6 is 0 Å². The van der Waals surface area contributed by atoms with Gasteiger partial charge in [-0.05, 0) is 37.5 Å². The molecule has 5 rings (SSSR count). The Morgan fingerprint density at radius 2 is 1.90 bits per heavy atom. The van der Waals surface area contributed by atoms with E-state index < -0.39 is 23.3 Å². The van der Waals surface area contributed by atoms with Crippen LogP contribution in [-0.2, 0) is 19.1 Å². The second kappa shape index (κ2) is 7.02. The molecule has 1 aromatic carbocycles. The van der Waals surface area contributed by atoms with Crippen LogP contribution in [0.15, 0.2) is 24.3 Å². The standard InChI is InChI=1S/C25H30N2O4/c1-14-7-9-17-15(12-14)8-10-18-19-20(21(27(17)18)22(28)25(2,3)4)24(30)26(23(19)29)13-16-6-5-11-31-16/h7-10,12,16,18-21H,5-6,11,13H2,1-4H3/t16-,18+,19-,20+,21+/m0/s1. The van der Waals surface area contributed by atoms with Crippen molar-refractivity contribution in [2.24, 2.45) is 17.3 Å². The number of ketones is 1. The van der Waals surface area contributed by atoms with Crippen molar-refractivity contribution >= 4 is 29.4 Å². The Morgan fingerprint density at radius 1 is 1.16 bits per heavy atom. The first-order valence-corrected chi connectivity index (χ1v) is 11.3. The molecule has 3 saturated heterocycles. The maximum Gasteiger partial charge on any atom is 0.235 e. The number of hydrogen-bond donors (Lipinski definition) is 0. The van der Waals surface area contributed by atoms with E-state index >= 15 is 0 Å². The number of amides is 2. The van der Waals surface area contributed by atoms with Gasteiger partial charge in [0.2, 0.25) is 11.8 Å². The quantitative estimate of drug-likeness (QED) is 0.701. The number of Topliss-reactive ketones (excluding diaryl/α,β-unsaturated/α-hetero) is 1. The second-order valence-corrected chi connectivity index (χ2v) is 10.4. The van der Waals surface area contributed by atoms with E-state index in [-0.39, 0.29) is 29.7 Å². The molecule has 5 atom stereocenters. The summed E-state index contributed by atoms with van der Waals surface area (Å²) in [5.74, 6) is -1.56. The van der Waals surface area contributed by atoms with Gasteiger partial charge in [-0.3, -0.25) is 19.3 Å². The van der Waals surface area contributed by atoms with E-state index in [0.29, 0.717) is 13.2 Å². The van der Waals surface area contributed by atoms with E-state index in [2.05, 4.69) is 11.0 Å². The fraction of sp³-hybridized carbons (Fsp3) is 0.560. The van der Waals surface area contributed by atoms with Gasteiger partial charge in [0.1, 0.15) is 6.04 Å². The maximum atomic E-state index is 13.7. The fourth-order valence-electron chi connectivity index (χ4n) is 5.67. The number of aryl methyl sites for hydroxylation is 1. The lowest BCUT2D eigenvalue weighted by molar-refractivity contribution is -0.143. The summed E-state index contributed by atoms with van der Waals surface area (Å²) in [7, 11) is 0. The Kier molecular flexibility index (Phi) is 4.63. The molecule has 0 unspecified atom stereocenters. The van der Waals surface area contributed by atoms with E-state index in [9.17, 15) is 14.4 Å². The van der Waals surface area contributed by atoms with Crippen LogP contribution in [0, 0.1) is 24.2 Å². The molecule has 0 saturated carbocycles. The zero-order chi connectivity index (χ0) is 22.1. The summed E-state index contributed by atoms with van der Waals surface area (Å²) < 4.78 is 5.69. The highest BCUT2D eigenvalue weighted by molar-refractivity contribution is 6.11. The van der Waals surface area contributed by atoms with Crippen LogP contribution in [0.5, 0.6) is 0 Å². The van der Waals surface area contributed by atoms with E-state index in [0.717, 1.165) is 29.7 Å². The van der Waals surface area contributed by atoms with Gasteiger partial charge in [-0.2, -0.15) is 0 Å². The van der Waals surface area contributed by atoms with E-state index in [4.69, 9.17) is 4.74 Å². The molecular weight excluding hydrogens is 392 g/mol. The minimum atomic E-state index is -0.650. The Bertz CT molecular complexity index is 986. The summed E-state index contributed by atoms with van der Waals surface area (Å²) in [6, 6.07) is 5.19. The Balaban J connectivity index is 1.58. The van der Waals surface area contributed by atoms with Gasteiger partial charge >= 0.3 is 0 Å². The van der Waals surface area contributed by atoms with Crippen molar-refractivity contribution in [2.45, 2.75) is 58.7 Å². The number of fused-ring (bicyclic) bond motifs is 5. The number of anilines is 1. The SMILES string of the molecule is Cc1ccc2c(c1)C=C[C@@H]1[C@@H]3C(=O)N(C[C@@H]4CCCO4)C(=O)[C@H]3[C@H](C(=O)C(C)(C)C)N21. The van der Waals surface area contributed by atoms with Crippen LogP contribution in [0.4, 0.5) is 5.69 Å². The molecule has 2 amide bonds. The number of benzene rings is 1. The van der Waals surface area contributed by atoms with Gasteiger partial charge in [-0.15, -0.1) is 0 Å². The minimum absolute atomic E-state index is 0.00643. The van der Waals surface area contributed by atoms with Gasteiger partial charge in [0.15, 0.2) is 5.78 Å². The number of rotatable bonds is 3. The highest BCUT2D eigenvalue weighted by Gasteiger charge is 2.64. The first kappa shape index (κ1) is 20.4. The predicted octanol–water partition coefficient (Wildman–Crippen LogP) is 2.97. The number of likely N-dealkylation sites (tertiary alicyclic amines) is 1. The minimum Gasteiger partial charge on any atom is -0.376 e. The Labute approximate surface area is 183 Å². The van der Waals surface area contributed by atoms with Crippen molar-refractivity contribution in [3.63, 3.8) is 0 Å². The molecule has 6 nitrogen and oxygen atoms in total.